The summed E-state index contributed by atoms with van der Waals surface area (Å²) >= 11 is 0. The van der Waals surface area contributed by atoms with Gasteiger partial charge in [0.25, 0.3) is 0 Å². The number of rotatable bonds is 4. The molecule has 0 radical (unpaired) electrons. The molecule has 0 N–H and O–H groups in total. The standard InChI is InChI=1S/C12H13N3O2/c1-9(16)10(2)17-12-13-8-15(14-12)11-6-4-3-5-7-11/h3-8,10H,1-2H3/t10-/m0/s1. The molecule has 17 heavy (non-hydrogen) atoms. The smallest absolute Gasteiger partial charge is 0.336 e. The Labute approximate surface area is 99.1 Å². The van der Waals surface area contributed by atoms with E-state index in [1.165, 1.54) is 6.92 Å². The third-order valence-corrected chi connectivity index (χ3v) is 2.35. The zero-order valence-electron chi connectivity index (χ0n) is 9.70. The second-order valence-corrected chi connectivity index (χ2v) is 3.68. The van der Waals surface area contributed by atoms with E-state index in [1.54, 1.807) is 17.9 Å². The predicted molar refractivity (Wildman–Crippen MR) is 62.1 cm³/mol. The minimum atomic E-state index is -0.526. The van der Waals surface area contributed by atoms with Crippen LogP contribution in [0.3, 0.4) is 0 Å². The summed E-state index contributed by atoms with van der Waals surface area (Å²) in [6.07, 6.45) is 1.03. The van der Waals surface area contributed by atoms with Crippen LogP contribution in [-0.4, -0.2) is 26.7 Å². The van der Waals surface area contributed by atoms with E-state index in [1.807, 2.05) is 30.3 Å². The minimum Gasteiger partial charge on any atom is -0.451 e. The van der Waals surface area contributed by atoms with Crippen molar-refractivity contribution in [3.05, 3.63) is 36.7 Å². The van der Waals surface area contributed by atoms with Gasteiger partial charge in [0.05, 0.1) is 5.69 Å². The number of hydrogen-bond acceptors (Lipinski definition) is 4. The minimum absolute atomic E-state index is 0.0546. The Morgan fingerprint density at radius 1 is 1.35 bits per heavy atom. The topological polar surface area (TPSA) is 57.0 Å². The molecule has 2 rings (SSSR count). The summed E-state index contributed by atoms with van der Waals surface area (Å²) in [4.78, 5) is 15.0. The summed E-state index contributed by atoms with van der Waals surface area (Å²) in [5.74, 6) is -0.0546. The predicted octanol–water partition coefficient (Wildman–Crippen LogP) is 1.62. The first kappa shape index (κ1) is 11.3. The summed E-state index contributed by atoms with van der Waals surface area (Å²) in [5, 5.41) is 4.13. The number of carbonyl (C=O) groups is 1. The van der Waals surface area contributed by atoms with Gasteiger partial charge in [0.2, 0.25) is 0 Å². The van der Waals surface area contributed by atoms with Gasteiger partial charge in [0, 0.05) is 0 Å². The molecule has 5 nitrogen and oxygen atoms in total. The number of carbonyl (C=O) groups excluding carboxylic acids is 1. The van der Waals surface area contributed by atoms with Crippen molar-refractivity contribution in [1.82, 2.24) is 14.8 Å². The monoisotopic (exact) mass is 231 g/mol. The highest BCUT2D eigenvalue weighted by molar-refractivity contribution is 5.80. The van der Waals surface area contributed by atoms with Gasteiger partial charge in [-0.25, -0.2) is 4.68 Å². The highest BCUT2D eigenvalue weighted by Gasteiger charge is 2.12. The maximum absolute atomic E-state index is 11.0. The lowest BCUT2D eigenvalue weighted by molar-refractivity contribution is -0.123. The molecular weight excluding hydrogens is 218 g/mol. The molecule has 5 heteroatoms. The van der Waals surface area contributed by atoms with Gasteiger partial charge >= 0.3 is 6.01 Å². The maximum Gasteiger partial charge on any atom is 0.336 e. The number of hydrogen-bond donors (Lipinski definition) is 0. The van der Waals surface area contributed by atoms with Crippen LogP contribution in [-0.2, 0) is 4.79 Å². The number of aromatic nitrogens is 3. The molecule has 1 atom stereocenters. The van der Waals surface area contributed by atoms with Crippen LogP contribution in [0.25, 0.3) is 5.69 Å². The highest BCUT2D eigenvalue weighted by Crippen LogP contribution is 2.09. The molecule has 0 unspecified atom stereocenters. The van der Waals surface area contributed by atoms with E-state index in [4.69, 9.17) is 4.74 Å². The Morgan fingerprint density at radius 3 is 2.71 bits per heavy atom. The number of benzene rings is 1. The van der Waals surface area contributed by atoms with Crippen LogP contribution in [0.5, 0.6) is 6.01 Å². The number of para-hydroxylation sites is 1. The van der Waals surface area contributed by atoms with E-state index in [0.29, 0.717) is 0 Å². The Hall–Kier alpha value is -2.17. The van der Waals surface area contributed by atoms with Crippen molar-refractivity contribution in [3.8, 4) is 11.7 Å². The normalized spacial score (nSPS) is 12.1. The molecule has 0 fully saturated rings. The van der Waals surface area contributed by atoms with E-state index in [0.717, 1.165) is 5.69 Å². The third-order valence-electron chi connectivity index (χ3n) is 2.35. The van der Waals surface area contributed by atoms with Crippen molar-refractivity contribution < 1.29 is 9.53 Å². The lowest BCUT2D eigenvalue weighted by Gasteiger charge is -2.06. The van der Waals surface area contributed by atoms with E-state index in [2.05, 4.69) is 10.1 Å². The van der Waals surface area contributed by atoms with Crippen molar-refractivity contribution >= 4 is 5.78 Å². The molecule has 0 saturated heterocycles. The third kappa shape index (κ3) is 2.69. The van der Waals surface area contributed by atoms with Crippen molar-refractivity contribution in [2.75, 3.05) is 0 Å². The van der Waals surface area contributed by atoms with E-state index in [-0.39, 0.29) is 11.8 Å². The first-order valence-corrected chi connectivity index (χ1v) is 5.31. The van der Waals surface area contributed by atoms with Crippen molar-refractivity contribution in [2.24, 2.45) is 0 Å². The Kier molecular flexibility index (Phi) is 3.18. The maximum atomic E-state index is 11.0. The Bertz CT molecular complexity index is 507. The van der Waals surface area contributed by atoms with Crippen LogP contribution in [0.2, 0.25) is 0 Å². The largest absolute Gasteiger partial charge is 0.451 e. The van der Waals surface area contributed by atoms with Gasteiger partial charge in [0.1, 0.15) is 6.33 Å². The summed E-state index contributed by atoms with van der Waals surface area (Å²) in [6.45, 7) is 3.14. The Morgan fingerprint density at radius 2 is 2.06 bits per heavy atom. The van der Waals surface area contributed by atoms with Crippen LogP contribution >= 0.6 is 0 Å². The molecule has 0 aliphatic rings. The van der Waals surface area contributed by atoms with Crippen molar-refractivity contribution in [2.45, 2.75) is 20.0 Å². The average Bonchev–Trinajstić information content (AvgIpc) is 2.78. The molecule has 88 valence electrons. The summed E-state index contributed by atoms with van der Waals surface area (Å²) in [5.41, 5.74) is 0.894. The molecule has 0 spiro atoms. The number of Topliss-reactive ketones (excluding diaryl/α,β-unsaturated/α-hetero) is 1. The fourth-order valence-electron chi connectivity index (χ4n) is 1.25. The fourth-order valence-corrected chi connectivity index (χ4v) is 1.25. The molecule has 0 amide bonds. The van der Waals surface area contributed by atoms with Gasteiger partial charge in [-0.15, -0.1) is 5.10 Å². The first-order valence-electron chi connectivity index (χ1n) is 5.31. The van der Waals surface area contributed by atoms with Gasteiger partial charge in [-0.05, 0) is 26.0 Å². The van der Waals surface area contributed by atoms with Crippen LogP contribution in [0, 0.1) is 0 Å². The van der Waals surface area contributed by atoms with E-state index in [9.17, 15) is 4.79 Å². The van der Waals surface area contributed by atoms with Gasteiger partial charge in [-0.2, -0.15) is 4.98 Å². The quantitative estimate of drug-likeness (QED) is 0.802. The fraction of sp³-hybridized carbons (Fsp3) is 0.250. The van der Waals surface area contributed by atoms with Gasteiger partial charge < -0.3 is 4.74 Å². The zero-order chi connectivity index (χ0) is 12.3. The summed E-state index contributed by atoms with van der Waals surface area (Å²) < 4.78 is 6.88. The molecule has 0 aliphatic heterocycles. The second-order valence-electron chi connectivity index (χ2n) is 3.68. The van der Waals surface area contributed by atoms with Crippen LogP contribution in [0.4, 0.5) is 0 Å². The number of ether oxygens (including phenoxy) is 1. The Balaban J connectivity index is 2.14. The number of ketones is 1. The molecular formula is C12H13N3O2. The van der Waals surface area contributed by atoms with E-state index >= 15 is 0 Å². The molecule has 2 aromatic rings. The van der Waals surface area contributed by atoms with Gasteiger partial charge in [0.15, 0.2) is 11.9 Å². The first-order chi connectivity index (χ1) is 8.16. The molecule has 0 saturated carbocycles. The van der Waals surface area contributed by atoms with Crippen LogP contribution in [0.1, 0.15) is 13.8 Å². The molecule has 1 heterocycles. The molecule has 0 bridgehead atoms. The van der Waals surface area contributed by atoms with Crippen LogP contribution < -0.4 is 4.74 Å². The zero-order valence-corrected chi connectivity index (χ0v) is 9.70. The lowest BCUT2D eigenvalue weighted by Crippen LogP contribution is -2.21. The van der Waals surface area contributed by atoms with E-state index < -0.39 is 6.10 Å². The number of nitrogens with zero attached hydrogens (tertiary/aromatic N) is 3. The second kappa shape index (κ2) is 4.78. The molecule has 1 aromatic carbocycles. The highest BCUT2D eigenvalue weighted by atomic mass is 16.5. The average molecular weight is 231 g/mol. The molecule has 1 aromatic heterocycles. The summed E-state index contributed by atoms with van der Waals surface area (Å²) in [7, 11) is 0. The summed E-state index contributed by atoms with van der Waals surface area (Å²) in [6, 6.07) is 9.78. The van der Waals surface area contributed by atoms with Crippen LogP contribution in [0.15, 0.2) is 36.7 Å². The molecule has 0 aliphatic carbocycles. The van der Waals surface area contributed by atoms with Gasteiger partial charge in [-0.1, -0.05) is 18.2 Å². The van der Waals surface area contributed by atoms with Crippen molar-refractivity contribution in [1.29, 1.82) is 0 Å². The lowest BCUT2D eigenvalue weighted by atomic mass is 10.3. The SMILES string of the molecule is CC(=O)[C@H](C)Oc1ncn(-c2ccccc2)n1. The van der Waals surface area contributed by atoms with Crippen molar-refractivity contribution in [3.63, 3.8) is 0 Å². The van der Waals surface area contributed by atoms with Gasteiger partial charge in [-0.3, -0.25) is 4.79 Å².